The van der Waals surface area contributed by atoms with Crippen LogP contribution in [0.3, 0.4) is 0 Å². The van der Waals surface area contributed by atoms with Gasteiger partial charge in [0, 0.05) is 24.4 Å². The Balaban J connectivity index is 2.34. The molecule has 2 rings (SSSR count). The molecule has 0 bridgehead atoms. The molecular formula is C16H15N5O6. The fraction of sp³-hybridized carbons (Fsp3) is 0.188. The maximum atomic E-state index is 11.8. The van der Waals surface area contributed by atoms with E-state index >= 15 is 0 Å². The van der Waals surface area contributed by atoms with Gasteiger partial charge in [0.05, 0.1) is 28.6 Å². The lowest BCUT2D eigenvalue weighted by Crippen LogP contribution is -2.14. The number of carbonyl (C=O) groups excluding carboxylic acids is 1. The number of hydrazone groups is 1. The Morgan fingerprint density at radius 3 is 2.48 bits per heavy atom. The van der Waals surface area contributed by atoms with Gasteiger partial charge in [0.15, 0.2) is 0 Å². The van der Waals surface area contributed by atoms with E-state index in [1.165, 1.54) is 42.6 Å². The quantitative estimate of drug-likeness (QED) is 0.321. The van der Waals surface area contributed by atoms with Crippen LogP contribution >= 0.6 is 0 Å². The van der Waals surface area contributed by atoms with Crippen molar-refractivity contribution in [2.75, 3.05) is 12.0 Å². The van der Waals surface area contributed by atoms with E-state index in [9.17, 15) is 25.0 Å². The number of esters is 1. The van der Waals surface area contributed by atoms with Crippen LogP contribution in [-0.4, -0.2) is 33.1 Å². The summed E-state index contributed by atoms with van der Waals surface area (Å²) in [6, 6.07) is 8.03. The van der Waals surface area contributed by atoms with Crippen molar-refractivity contribution in [3.63, 3.8) is 0 Å². The predicted molar refractivity (Wildman–Crippen MR) is 95.4 cm³/mol. The number of anilines is 1. The highest BCUT2D eigenvalue weighted by atomic mass is 16.6. The van der Waals surface area contributed by atoms with Gasteiger partial charge in [-0.1, -0.05) is 0 Å². The fourth-order valence-electron chi connectivity index (χ4n) is 2.08. The van der Waals surface area contributed by atoms with Crippen molar-refractivity contribution in [3.05, 3.63) is 68.4 Å². The Kier molecular flexibility index (Phi) is 6.47. The number of nitro groups is 2. The molecule has 11 heteroatoms. The monoisotopic (exact) mass is 373 g/mol. The summed E-state index contributed by atoms with van der Waals surface area (Å²) in [5.74, 6) is -0.669. The Morgan fingerprint density at radius 1 is 1.19 bits per heavy atom. The topological polar surface area (TPSA) is 150 Å². The zero-order chi connectivity index (χ0) is 19.8. The first-order valence-corrected chi connectivity index (χ1v) is 7.74. The molecular weight excluding hydrogens is 358 g/mol. The highest BCUT2D eigenvalue weighted by Gasteiger charge is 2.16. The van der Waals surface area contributed by atoms with Crippen molar-refractivity contribution in [1.82, 2.24) is 4.98 Å². The number of hydrogen-bond acceptors (Lipinski definition) is 9. The van der Waals surface area contributed by atoms with Crippen molar-refractivity contribution < 1.29 is 19.4 Å². The van der Waals surface area contributed by atoms with Crippen LogP contribution in [0, 0.1) is 20.2 Å². The third-order valence-electron chi connectivity index (χ3n) is 3.31. The molecule has 0 aliphatic carbocycles. The lowest BCUT2D eigenvalue weighted by molar-refractivity contribution is -0.384. The molecule has 0 radical (unpaired) electrons. The predicted octanol–water partition coefficient (Wildman–Crippen LogP) is 2.67. The lowest BCUT2D eigenvalue weighted by Gasteiger charge is -2.08. The van der Waals surface area contributed by atoms with Crippen molar-refractivity contribution in [3.8, 4) is 0 Å². The molecule has 140 valence electrons. The standard InChI is InChI=1S/C16H15N5O6/c1-2-27-15(22)10-13(11-5-7-12(8-6-11)20(23)24)18-19-16-14(21(25)26)4-3-9-17-16/h3-9H,2,10H2,1H3,(H,17,19)/b18-13-. The normalized spacial score (nSPS) is 10.9. The van der Waals surface area contributed by atoms with Crippen molar-refractivity contribution in [2.45, 2.75) is 13.3 Å². The molecule has 11 nitrogen and oxygen atoms in total. The number of non-ortho nitro benzene ring substituents is 1. The molecule has 1 N–H and O–H groups in total. The molecule has 0 spiro atoms. The van der Waals surface area contributed by atoms with Crippen LogP contribution in [0.5, 0.6) is 0 Å². The summed E-state index contributed by atoms with van der Waals surface area (Å²) in [4.78, 5) is 36.3. The van der Waals surface area contributed by atoms with E-state index in [0.29, 0.717) is 5.56 Å². The third-order valence-corrected chi connectivity index (χ3v) is 3.31. The van der Waals surface area contributed by atoms with E-state index in [1.54, 1.807) is 6.92 Å². The number of aromatic nitrogens is 1. The Bertz CT molecular complexity index is 881. The average Bonchev–Trinajstić information content (AvgIpc) is 2.65. The van der Waals surface area contributed by atoms with Gasteiger partial charge in [-0.2, -0.15) is 5.10 Å². The Morgan fingerprint density at radius 2 is 1.89 bits per heavy atom. The van der Waals surface area contributed by atoms with Crippen LogP contribution in [0.4, 0.5) is 17.2 Å². The zero-order valence-corrected chi connectivity index (χ0v) is 14.2. The molecule has 1 heterocycles. The molecule has 0 saturated carbocycles. The molecule has 0 aliphatic rings. The third kappa shape index (κ3) is 5.29. The van der Waals surface area contributed by atoms with Crippen molar-refractivity contribution in [1.29, 1.82) is 0 Å². The summed E-state index contributed by atoms with van der Waals surface area (Å²) in [7, 11) is 0. The minimum Gasteiger partial charge on any atom is -0.466 e. The highest BCUT2D eigenvalue weighted by Crippen LogP contribution is 2.21. The van der Waals surface area contributed by atoms with Crippen LogP contribution in [0.25, 0.3) is 0 Å². The van der Waals surface area contributed by atoms with Crippen LogP contribution in [0.1, 0.15) is 18.9 Å². The van der Waals surface area contributed by atoms with Gasteiger partial charge in [-0.05, 0) is 30.7 Å². The van der Waals surface area contributed by atoms with Gasteiger partial charge in [-0.3, -0.25) is 30.4 Å². The molecule has 1 aromatic carbocycles. The van der Waals surface area contributed by atoms with Gasteiger partial charge in [-0.25, -0.2) is 4.98 Å². The van der Waals surface area contributed by atoms with Gasteiger partial charge in [0.2, 0.25) is 5.82 Å². The van der Waals surface area contributed by atoms with E-state index < -0.39 is 15.8 Å². The first-order chi connectivity index (χ1) is 12.9. The Hall–Kier alpha value is -3.89. The highest BCUT2D eigenvalue weighted by molar-refractivity contribution is 6.09. The molecule has 27 heavy (non-hydrogen) atoms. The second-order valence-electron chi connectivity index (χ2n) is 5.08. The van der Waals surface area contributed by atoms with E-state index in [-0.39, 0.29) is 35.9 Å². The molecule has 0 amide bonds. The summed E-state index contributed by atoms with van der Waals surface area (Å²) in [5, 5.41) is 25.8. The number of benzene rings is 1. The lowest BCUT2D eigenvalue weighted by atomic mass is 10.1. The van der Waals surface area contributed by atoms with Crippen molar-refractivity contribution in [2.24, 2.45) is 5.10 Å². The number of rotatable bonds is 8. The number of nitrogens with one attached hydrogen (secondary N) is 1. The molecule has 0 aliphatic heterocycles. The molecule has 1 aromatic heterocycles. The van der Waals surface area contributed by atoms with Gasteiger partial charge in [0.25, 0.3) is 5.69 Å². The number of nitro benzene ring substituents is 1. The summed E-state index contributed by atoms with van der Waals surface area (Å²) in [5.41, 5.74) is 2.66. The smallest absolute Gasteiger partial charge is 0.313 e. The minimum absolute atomic E-state index is 0.106. The Labute approximate surface area is 153 Å². The summed E-state index contributed by atoms with van der Waals surface area (Å²) in [6.45, 7) is 1.82. The molecule has 0 fully saturated rings. The van der Waals surface area contributed by atoms with E-state index in [1.807, 2.05) is 0 Å². The fourth-order valence-corrected chi connectivity index (χ4v) is 2.08. The van der Waals surface area contributed by atoms with E-state index in [0.717, 1.165) is 0 Å². The summed E-state index contributed by atoms with van der Waals surface area (Å²) < 4.78 is 4.89. The van der Waals surface area contributed by atoms with E-state index in [4.69, 9.17) is 4.74 Å². The first-order valence-electron chi connectivity index (χ1n) is 7.74. The number of pyridine rings is 1. The second-order valence-corrected chi connectivity index (χ2v) is 5.08. The van der Waals surface area contributed by atoms with Gasteiger partial charge < -0.3 is 4.74 Å². The summed E-state index contributed by atoms with van der Waals surface area (Å²) in [6.07, 6.45) is 1.11. The van der Waals surface area contributed by atoms with Crippen molar-refractivity contribution >= 4 is 28.9 Å². The molecule has 0 saturated heterocycles. The molecule has 2 aromatic rings. The van der Waals surface area contributed by atoms with E-state index in [2.05, 4.69) is 15.5 Å². The number of carbonyl (C=O) groups is 1. The summed E-state index contributed by atoms with van der Waals surface area (Å²) >= 11 is 0. The minimum atomic E-state index is -0.623. The van der Waals surface area contributed by atoms with Crippen LogP contribution in [-0.2, 0) is 9.53 Å². The van der Waals surface area contributed by atoms with Crippen LogP contribution in [0.15, 0.2) is 47.7 Å². The maximum absolute atomic E-state index is 11.8. The number of nitrogens with zero attached hydrogens (tertiary/aromatic N) is 4. The molecule has 0 unspecified atom stereocenters. The average molecular weight is 373 g/mol. The largest absolute Gasteiger partial charge is 0.466 e. The molecule has 0 atom stereocenters. The maximum Gasteiger partial charge on any atom is 0.313 e. The number of ether oxygens (including phenoxy) is 1. The second kappa shape index (κ2) is 8.99. The van der Waals surface area contributed by atoms with Crippen LogP contribution in [0.2, 0.25) is 0 Å². The van der Waals surface area contributed by atoms with Crippen LogP contribution < -0.4 is 5.43 Å². The number of hydrogen-bond donors (Lipinski definition) is 1. The van der Waals surface area contributed by atoms with Gasteiger partial charge in [0.1, 0.15) is 0 Å². The zero-order valence-electron chi connectivity index (χ0n) is 14.2. The SMILES string of the molecule is CCOC(=O)C/C(=N/Nc1ncccc1[N+](=O)[O-])c1ccc([N+](=O)[O-])cc1. The van der Waals surface area contributed by atoms with Gasteiger partial charge >= 0.3 is 11.7 Å². The van der Waals surface area contributed by atoms with Gasteiger partial charge in [-0.15, -0.1) is 0 Å². The first kappa shape index (κ1) is 19.4.